The zero-order chi connectivity index (χ0) is 14.5. The van der Waals surface area contributed by atoms with Crippen molar-refractivity contribution in [2.24, 2.45) is 0 Å². The van der Waals surface area contributed by atoms with Gasteiger partial charge in [-0.05, 0) is 6.07 Å². The van der Waals surface area contributed by atoms with Crippen molar-refractivity contribution in [3.8, 4) is 0 Å². The molecular weight excluding hydrogens is 274 g/mol. The molecule has 1 aromatic heterocycles. The van der Waals surface area contributed by atoms with Crippen LogP contribution in [0.5, 0.6) is 0 Å². The first-order valence-electron chi connectivity index (χ1n) is 6.07. The molecule has 0 unspecified atom stereocenters. The predicted molar refractivity (Wildman–Crippen MR) is 61.5 cm³/mol. The summed E-state index contributed by atoms with van der Waals surface area (Å²) in [4.78, 5) is 25.1. The van der Waals surface area contributed by atoms with Crippen molar-refractivity contribution in [1.29, 1.82) is 0 Å². The molecule has 1 fully saturated rings. The second-order valence-corrected chi connectivity index (χ2v) is 4.97. The SMILES string of the molecule is O=C(O)N1CCn2nc(C(=O)N3CC(F)(F)C3)cc2C1. The molecular formula is C11H12F2N4O3. The van der Waals surface area contributed by atoms with E-state index in [0.717, 1.165) is 4.90 Å². The lowest BCUT2D eigenvalue weighted by atomic mass is 10.1. The number of alkyl halides is 2. The fourth-order valence-electron chi connectivity index (χ4n) is 2.35. The molecule has 2 aliphatic heterocycles. The molecule has 0 saturated carbocycles. The average Bonchev–Trinajstić information content (AvgIpc) is 2.77. The first-order chi connectivity index (χ1) is 9.35. The molecule has 0 bridgehead atoms. The molecule has 0 aromatic carbocycles. The number of hydrogen-bond donors (Lipinski definition) is 1. The average molecular weight is 286 g/mol. The van der Waals surface area contributed by atoms with Gasteiger partial charge in [-0.2, -0.15) is 5.10 Å². The maximum Gasteiger partial charge on any atom is 0.407 e. The second-order valence-electron chi connectivity index (χ2n) is 4.97. The van der Waals surface area contributed by atoms with Crippen LogP contribution in [0.2, 0.25) is 0 Å². The Balaban J connectivity index is 1.74. The normalized spacial score (nSPS) is 20.3. The number of aromatic nitrogens is 2. The van der Waals surface area contributed by atoms with Crippen LogP contribution >= 0.6 is 0 Å². The Hall–Kier alpha value is -2.19. The number of carbonyl (C=O) groups is 2. The minimum Gasteiger partial charge on any atom is -0.465 e. The summed E-state index contributed by atoms with van der Waals surface area (Å²) in [7, 11) is 0. The summed E-state index contributed by atoms with van der Waals surface area (Å²) in [5.74, 6) is -3.35. The summed E-state index contributed by atoms with van der Waals surface area (Å²) in [5.41, 5.74) is 0.678. The number of hydrogen-bond acceptors (Lipinski definition) is 3. The van der Waals surface area contributed by atoms with Gasteiger partial charge in [0.1, 0.15) is 0 Å². The van der Waals surface area contributed by atoms with Crippen LogP contribution in [-0.4, -0.2) is 62.2 Å². The van der Waals surface area contributed by atoms with Gasteiger partial charge in [-0.3, -0.25) is 9.48 Å². The molecule has 9 heteroatoms. The third-order valence-corrected chi connectivity index (χ3v) is 3.42. The van der Waals surface area contributed by atoms with Crippen LogP contribution in [0.3, 0.4) is 0 Å². The second kappa shape index (κ2) is 4.15. The summed E-state index contributed by atoms with van der Waals surface area (Å²) < 4.78 is 27.0. The van der Waals surface area contributed by atoms with Gasteiger partial charge in [0.25, 0.3) is 11.8 Å². The van der Waals surface area contributed by atoms with Gasteiger partial charge in [0.05, 0.1) is 31.9 Å². The van der Waals surface area contributed by atoms with Crippen LogP contribution in [-0.2, 0) is 13.1 Å². The van der Waals surface area contributed by atoms with Crippen molar-refractivity contribution in [1.82, 2.24) is 19.6 Å². The highest BCUT2D eigenvalue weighted by atomic mass is 19.3. The van der Waals surface area contributed by atoms with Crippen LogP contribution in [0.4, 0.5) is 13.6 Å². The number of carboxylic acid groups (broad SMARTS) is 1. The summed E-state index contributed by atoms with van der Waals surface area (Å²) in [6, 6.07) is 1.47. The van der Waals surface area contributed by atoms with E-state index >= 15 is 0 Å². The predicted octanol–water partition coefficient (Wildman–Crippen LogP) is 0.468. The van der Waals surface area contributed by atoms with E-state index in [1.165, 1.54) is 11.0 Å². The molecule has 0 atom stereocenters. The van der Waals surface area contributed by atoms with E-state index in [1.54, 1.807) is 4.68 Å². The molecule has 108 valence electrons. The Morgan fingerprint density at radius 2 is 1.95 bits per heavy atom. The first kappa shape index (κ1) is 12.8. The zero-order valence-electron chi connectivity index (χ0n) is 10.4. The topological polar surface area (TPSA) is 78.7 Å². The maximum absolute atomic E-state index is 12.7. The third-order valence-electron chi connectivity index (χ3n) is 3.42. The zero-order valence-corrected chi connectivity index (χ0v) is 10.4. The number of likely N-dealkylation sites (tertiary alicyclic amines) is 1. The van der Waals surface area contributed by atoms with E-state index in [9.17, 15) is 18.4 Å². The van der Waals surface area contributed by atoms with E-state index in [1.807, 2.05) is 0 Å². The minimum atomic E-state index is -2.81. The van der Waals surface area contributed by atoms with E-state index in [2.05, 4.69) is 5.10 Å². The molecule has 7 nitrogen and oxygen atoms in total. The molecule has 0 spiro atoms. The van der Waals surface area contributed by atoms with Crippen LogP contribution in [0, 0.1) is 0 Å². The first-order valence-corrected chi connectivity index (χ1v) is 6.07. The molecule has 1 aromatic rings. The van der Waals surface area contributed by atoms with Gasteiger partial charge in [0.15, 0.2) is 5.69 Å². The molecule has 2 aliphatic rings. The number of nitrogens with zero attached hydrogens (tertiary/aromatic N) is 4. The smallest absolute Gasteiger partial charge is 0.407 e. The highest BCUT2D eigenvalue weighted by Crippen LogP contribution is 2.28. The van der Waals surface area contributed by atoms with Crippen LogP contribution in [0.1, 0.15) is 16.2 Å². The Kier molecular flexibility index (Phi) is 2.66. The van der Waals surface area contributed by atoms with E-state index < -0.39 is 31.0 Å². The van der Waals surface area contributed by atoms with E-state index in [4.69, 9.17) is 5.11 Å². The molecule has 0 aliphatic carbocycles. The van der Waals surface area contributed by atoms with Crippen molar-refractivity contribution >= 4 is 12.0 Å². The number of halogens is 2. The van der Waals surface area contributed by atoms with Gasteiger partial charge < -0.3 is 14.9 Å². The van der Waals surface area contributed by atoms with Gasteiger partial charge in [-0.1, -0.05) is 0 Å². The minimum absolute atomic E-state index is 0.0859. The van der Waals surface area contributed by atoms with Gasteiger partial charge in [-0.25, -0.2) is 13.6 Å². The lowest BCUT2D eigenvalue weighted by Crippen LogP contribution is -2.58. The van der Waals surface area contributed by atoms with Crippen LogP contribution in [0.25, 0.3) is 0 Å². The summed E-state index contributed by atoms with van der Waals surface area (Å²) in [6.07, 6.45) is -1.03. The number of rotatable bonds is 1. The number of carbonyl (C=O) groups excluding carboxylic acids is 1. The fraction of sp³-hybridized carbons (Fsp3) is 0.545. The Labute approximate surface area is 112 Å². The molecule has 0 radical (unpaired) electrons. The van der Waals surface area contributed by atoms with E-state index in [0.29, 0.717) is 18.8 Å². The van der Waals surface area contributed by atoms with Crippen LogP contribution < -0.4 is 0 Å². The monoisotopic (exact) mass is 286 g/mol. The lowest BCUT2D eigenvalue weighted by Gasteiger charge is -2.38. The molecule has 1 saturated heterocycles. The summed E-state index contributed by atoms with van der Waals surface area (Å²) >= 11 is 0. The molecule has 2 amide bonds. The lowest BCUT2D eigenvalue weighted by molar-refractivity contribution is -0.113. The highest BCUT2D eigenvalue weighted by molar-refractivity contribution is 5.93. The van der Waals surface area contributed by atoms with Crippen molar-refractivity contribution in [3.63, 3.8) is 0 Å². The Bertz CT molecular complexity index is 578. The molecule has 3 heterocycles. The van der Waals surface area contributed by atoms with Gasteiger partial charge in [0, 0.05) is 6.54 Å². The largest absolute Gasteiger partial charge is 0.465 e. The Morgan fingerprint density at radius 3 is 2.55 bits per heavy atom. The van der Waals surface area contributed by atoms with Crippen molar-refractivity contribution in [2.75, 3.05) is 19.6 Å². The summed E-state index contributed by atoms with van der Waals surface area (Å²) in [6.45, 7) is -0.388. The third kappa shape index (κ3) is 2.08. The number of amides is 2. The standard InChI is InChI=1S/C11H12F2N4O3/c12-11(13)5-16(6-11)9(18)8-3-7-4-15(10(19)20)1-2-17(7)14-8/h3H,1-2,4-6H2,(H,19,20). The van der Waals surface area contributed by atoms with Crippen molar-refractivity contribution in [3.05, 3.63) is 17.5 Å². The van der Waals surface area contributed by atoms with Crippen molar-refractivity contribution < 1.29 is 23.5 Å². The van der Waals surface area contributed by atoms with Gasteiger partial charge in [-0.15, -0.1) is 0 Å². The Morgan fingerprint density at radius 1 is 1.25 bits per heavy atom. The molecule has 3 rings (SSSR count). The quantitative estimate of drug-likeness (QED) is 0.814. The van der Waals surface area contributed by atoms with Crippen LogP contribution in [0.15, 0.2) is 6.07 Å². The van der Waals surface area contributed by atoms with Gasteiger partial charge >= 0.3 is 6.09 Å². The van der Waals surface area contributed by atoms with E-state index in [-0.39, 0.29) is 12.2 Å². The fourth-order valence-corrected chi connectivity index (χ4v) is 2.35. The highest BCUT2D eigenvalue weighted by Gasteiger charge is 2.47. The molecule has 1 N–H and O–H groups in total. The summed E-state index contributed by atoms with van der Waals surface area (Å²) in [5, 5.41) is 13.0. The van der Waals surface area contributed by atoms with Crippen molar-refractivity contribution in [2.45, 2.75) is 19.0 Å². The maximum atomic E-state index is 12.7. The molecule has 20 heavy (non-hydrogen) atoms. The number of fused-ring (bicyclic) bond motifs is 1. The van der Waals surface area contributed by atoms with Gasteiger partial charge in [0.2, 0.25) is 0 Å².